The van der Waals surface area contributed by atoms with Gasteiger partial charge in [-0.25, -0.2) is 4.42 Å². The fourth-order valence-electron chi connectivity index (χ4n) is 2.49. The van der Waals surface area contributed by atoms with Crippen LogP contribution in [-0.2, 0) is 9.59 Å². The number of hydrogen-bond acceptors (Lipinski definition) is 8. The molecule has 2 aromatic carbocycles. The molecule has 0 radical (unpaired) electrons. The first kappa shape index (κ1) is 23.0. The van der Waals surface area contributed by atoms with Gasteiger partial charge in [-0.15, -0.1) is 5.11 Å². The minimum Gasteiger partial charge on any atom is -0.497 e. The molecule has 0 spiro atoms. The summed E-state index contributed by atoms with van der Waals surface area (Å²) >= 11 is 6.22. The summed E-state index contributed by atoms with van der Waals surface area (Å²) in [6.07, 6.45) is 0. The molecule has 0 bridgehead atoms. The van der Waals surface area contributed by atoms with Crippen LogP contribution in [0.3, 0.4) is 0 Å². The number of anilines is 1. The third kappa shape index (κ3) is 5.18. The molecule has 160 valence electrons. The average molecular weight is 436 g/mol. The smallest absolute Gasteiger partial charge is 0.276 e. The summed E-state index contributed by atoms with van der Waals surface area (Å²) in [7, 11) is 5.84. The molecule has 2 rings (SSSR count). The van der Waals surface area contributed by atoms with Crippen LogP contribution in [0.15, 0.2) is 46.6 Å². The fourth-order valence-corrected chi connectivity index (χ4v) is 2.68. The molecule has 0 saturated heterocycles. The summed E-state index contributed by atoms with van der Waals surface area (Å²) in [6, 6.07) is 8.19. The van der Waals surface area contributed by atoms with Crippen LogP contribution >= 0.6 is 11.8 Å². The van der Waals surface area contributed by atoms with Crippen molar-refractivity contribution in [1.29, 1.82) is 0 Å². The van der Waals surface area contributed by atoms with Crippen molar-refractivity contribution in [2.75, 3.05) is 32.9 Å². The predicted molar refractivity (Wildman–Crippen MR) is 111 cm³/mol. The quantitative estimate of drug-likeness (QED) is 0.336. The van der Waals surface area contributed by atoms with Gasteiger partial charge in [0.1, 0.15) is 23.0 Å². The van der Waals surface area contributed by atoms with E-state index in [0.29, 0.717) is 23.0 Å². The van der Waals surface area contributed by atoms with Crippen LogP contribution in [-0.4, -0.2) is 46.2 Å². The minimum absolute atomic E-state index is 0.241. The second-order valence-electron chi connectivity index (χ2n) is 5.93. The van der Waals surface area contributed by atoms with E-state index in [4.69, 9.17) is 30.7 Å². The number of hydrogen-bond donors (Lipinski definition) is 0. The van der Waals surface area contributed by atoms with Crippen molar-refractivity contribution < 1.29 is 28.5 Å². The van der Waals surface area contributed by atoms with Gasteiger partial charge in [-0.1, -0.05) is 6.07 Å². The number of rotatable bonds is 9. The molecule has 0 fully saturated rings. The maximum atomic E-state index is 12.9. The standard InChI is InChI=1S/C20H22ClN3O6/c1-12(25)18(22-23-19-16(29-4)7-6-8-17(19)30-5)20(26)24(21)13-9-14(27-2)11-15(10-13)28-3/h6-11,18H,1-5H3. The summed E-state index contributed by atoms with van der Waals surface area (Å²) in [5.41, 5.74) is 0.486. The van der Waals surface area contributed by atoms with Gasteiger partial charge in [0.05, 0.1) is 34.1 Å². The van der Waals surface area contributed by atoms with E-state index < -0.39 is 17.7 Å². The number of nitrogens with zero attached hydrogens (tertiary/aromatic N) is 3. The van der Waals surface area contributed by atoms with Gasteiger partial charge in [0.2, 0.25) is 6.04 Å². The van der Waals surface area contributed by atoms with E-state index in [2.05, 4.69) is 10.2 Å². The van der Waals surface area contributed by atoms with Crippen LogP contribution < -0.4 is 23.4 Å². The SMILES string of the molecule is COc1cc(OC)cc(N(Cl)C(=O)C(N=Nc2c(OC)cccc2OC)C(C)=O)c1. The predicted octanol–water partition coefficient (Wildman–Crippen LogP) is 3.95. The van der Waals surface area contributed by atoms with E-state index in [1.54, 1.807) is 24.3 Å². The highest BCUT2D eigenvalue weighted by Crippen LogP contribution is 2.37. The Bertz CT molecular complexity index is 906. The molecule has 1 atom stereocenters. The molecule has 0 heterocycles. The summed E-state index contributed by atoms with van der Waals surface area (Å²) in [5.74, 6) is 0.238. The zero-order chi connectivity index (χ0) is 22.3. The monoisotopic (exact) mass is 435 g/mol. The third-order valence-electron chi connectivity index (χ3n) is 4.05. The second-order valence-corrected chi connectivity index (χ2v) is 6.27. The zero-order valence-corrected chi connectivity index (χ0v) is 18.0. The zero-order valence-electron chi connectivity index (χ0n) is 17.2. The van der Waals surface area contributed by atoms with Crippen molar-refractivity contribution in [3.63, 3.8) is 0 Å². The number of azo groups is 1. The van der Waals surface area contributed by atoms with Crippen LogP contribution in [0.4, 0.5) is 11.4 Å². The average Bonchev–Trinajstić information content (AvgIpc) is 2.77. The van der Waals surface area contributed by atoms with Gasteiger partial charge in [0.15, 0.2) is 11.5 Å². The molecule has 0 aromatic heterocycles. The Morgan fingerprint density at radius 1 is 0.933 bits per heavy atom. The number of amides is 1. The normalized spacial score (nSPS) is 11.7. The molecule has 0 saturated carbocycles. The van der Waals surface area contributed by atoms with E-state index in [0.717, 1.165) is 4.42 Å². The number of ether oxygens (including phenoxy) is 4. The third-order valence-corrected chi connectivity index (χ3v) is 4.41. The number of ketones is 1. The van der Waals surface area contributed by atoms with Gasteiger partial charge >= 0.3 is 0 Å². The molecule has 0 aliphatic carbocycles. The maximum absolute atomic E-state index is 12.9. The lowest BCUT2D eigenvalue weighted by Crippen LogP contribution is -2.36. The molecule has 30 heavy (non-hydrogen) atoms. The molecule has 0 N–H and O–H groups in total. The minimum atomic E-state index is -1.48. The number of methoxy groups -OCH3 is 4. The molecule has 1 amide bonds. The van der Waals surface area contributed by atoms with Crippen molar-refractivity contribution in [3.8, 4) is 23.0 Å². The van der Waals surface area contributed by atoms with Gasteiger partial charge in [0, 0.05) is 30.0 Å². The Morgan fingerprint density at radius 3 is 1.90 bits per heavy atom. The Morgan fingerprint density at radius 2 is 1.47 bits per heavy atom. The topological polar surface area (TPSA) is 99.0 Å². The molecule has 0 aliphatic rings. The number of carbonyl (C=O) groups excluding carboxylic acids is 2. The lowest BCUT2D eigenvalue weighted by Gasteiger charge is -2.18. The Balaban J connectivity index is 2.39. The number of carbonyl (C=O) groups is 2. The first-order valence-electron chi connectivity index (χ1n) is 8.71. The summed E-state index contributed by atoms with van der Waals surface area (Å²) in [5, 5.41) is 7.95. The van der Waals surface area contributed by atoms with Gasteiger partial charge in [-0.05, 0) is 19.1 Å². The lowest BCUT2D eigenvalue weighted by atomic mass is 10.2. The molecule has 0 aliphatic heterocycles. The van der Waals surface area contributed by atoms with Crippen molar-refractivity contribution in [2.45, 2.75) is 13.0 Å². The Kier molecular flexibility index (Phi) is 7.99. The maximum Gasteiger partial charge on any atom is 0.276 e. The summed E-state index contributed by atoms with van der Waals surface area (Å²) < 4.78 is 21.6. The van der Waals surface area contributed by atoms with E-state index in [-0.39, 0.29) is 11.4 Å². The largest absolute Gasteiger partial charge is 0.497 e. The summed E-state index contributed by atoms with van der Waals surface area (Å²) in [6.45, 7) is 1.22. The van der Waals surface area contributed by atoms with E-state index >= 15 is 0 Å². The Labute approximate surface area is 179 Å². The van der Waals surface area contributed by atoms with Crippen molar-refractivity contribution in [3.05, 3.63) is 36.4 Å². The highest BCUT2D eigenvalue weighted by Gasteiger charge is 2.29. The van der Waals surface area contributed by atoms with Crippen molar-refractivity contribution >= 4 is 34.8 Å². The van der Waals surface area contributed by atoms with Gasteiger partial charge in [0.25, 0.3) is 5.91 Å². The fraction of sp³-hybridized carbons (Fsp3) is 0.300. The molecular weight excluding hydrogens is 414 g/mol. The van der Waals surface area contributed by atoms with Crippen LogP contribution in [0.1, 0.15) is 6.92 Å². The Hall–Kier alpha value is -3.33. The highest BCUT2D eigenvalue weighted by atomic mass is 35.5. The highest BCUT2D eigenvalue weighted by molar-refractivity contribution is 6.39. The second kappa shape index (κ2) is 10.4. The lowest BCUT2D eigenvalue weighted by molar-refractivity contribution is -0.126. The number of halogens is 1. The number of benzene rings is 2. The molecule has 10 heteroatoms. The first-order chi connectivity index (χ1) is 14.4. The van der Waals surface area contributed by atoms with E-state index in [1.165, 1.54) is 47.5 Å². The van der Waals surface area contributed by atoms with Crippen LogP contribution in [0.5, 0.6) is 23.0 Å². The van der Waals surface area contributed by atoms with Crippen molar-refractivity contribution in [2.24, 2.45) is 10.2 Å². The van der Waals surface area contributed by atoms with Gasteiger partial charge < -0.3 is 18.9 Å². The first-order valence-corrected chi connectivity index (χ1v) is 9.05. The van der Waals surface area contributed by atoms with Gasteiger partial charge in [-0.2, -0.15) is 5.11 Å². The van der Waals surface area contributed by atoms with E-state index in [9.17, 15) is 9.59 Å². The molecular formula is C20H22ClN3O6. The van der Waals surface area contributed by atoms with Crippen molar-refractivity contribution in [1.82, 2.24) is 0 Å². The van der Waals surface area contributed by atoms with Crippen LogP contribution in [0.2, 0.25) is 0 Å². The number of Topliss-reactive ketones (excluding diaryl/α,β-unsaturated/α-hetero) is 1. The van der Waals surface area contributed by atoms with Gasteiger partial charge in [-0.3, -0.25) is 9.59 Å². The summed E-state index contributed by atoms with van der Waals surface area (Å²) in [4.78, 5) is 25.0. The molecule has 9 nitrogen and oxygen atoms in total. The molecule has 1 unspecified atom stereocenters. The van der Waals surface area contributed by atoms with Crippen LogP contribution in [0.25, 0.3) is 0 Å². The van der Waals surface area contributed by atoms with E-state index in [1.807, 2.05) is 0 Å². The van der Waals surface area contributed by atoms with Crippen LogP contribution in [0, 0.1) is 0 Å². The molecule has 2 aromatic rings.